The molecule has 0 amide bonds. The van der Waals surface area contributed by atoms with E-state index < -0.39 is 70.6 Å². The van der Waals surface area contributed by atoms with Gasteiger partial charge < -0.3 is 22.0 Å². The van der Waals surface area contributed by atoms with Crippen LogP contribution in [0.1, 0.15) is 11.1 Å². The predicted octanol–water partition coefficient (Wildman–Crippen LogP) is 3.11. The first-order valence-electron chi connectivity index (χ1n) is 13.9. The summed E-state index contributed by atoms with van der Waals surface area (Å²) in [6.07, 6.45) is 1.11. The van der Waals surface area contributed by atoms with E-state index in [1.165, 1.54) is 48.5 Å². The molecule has 2 aliphatic rings. The Bertz CT molecular complexity index is 2970. The monoisotopic (exact) mass is 835 g/mol. The maximum Gasteiger partial charge on any atom is 0.446 e. The van der Waals surface area contributed by atoms with Gasteiger partial charge in [0.05, 0.1) is 16.0 Å². The summed E-state index contributed by atoms with van der Waals surface area (Å²) < 4.78 is 155. The van der Waals surface area contributed by atoms with Crippen LogP contribution >= 0.6 is 23.2 Å². The molecule has 1 unspecified atom stereocenters. The van der Waals surface area contributed by atoms with Crippen LogP contribution in [0.4, 0.5) is 11.4 Å². The minimum absolute atomic E-state index is 0.115. The van der Waals surface area contributed by atoms with Crippen LogP contribution in [0.25, 0.3) is 38.4 Å². The van der Waals surface area contributed by atoms with Crippen molar-refractivity contribution in [2.45, 2.75) is 6.04 Å². The fraction of sp³-hybridized carbons (Fsp3) is 0.0357. The number of anilines is 1. The fourth-order valence-electron chi connectivity index (χ4n) is 6.12. The first kappa shape index (κ1) is 35.9. The number of hydrogen-bond donors (Lipinski definition) is 6. The summed E-state index contributed by atoms with van der Waals surface area (Å²) in [6.45, 7) is 0. The highest BCUT2D eigenvalue weighted by Crippen LogP contribution is 2.52. The number of nitrogens with one attached hydrogen (secondary N) is 2. The summed E-state index contributed by atoms with van der Waals surface area (Å²) in [7, 11) is -21.1. The maximum absolute atomic E-state index is 12.2. The Labute approximate surface area is 302 Å². The van der Waals surface area contributed by atoms with Gasteiger partial charge in [-0.25, -0.2) is 4.99 Å². The van der Waals surface area contributed by atoms with E-state index in [2.05, 4.69) is 10.3 Å². The summed E-state index contributed by atoms with van der Waals surface area (Å²) >= 11 is 13.5. The summed E-state index contributed by atoms with van der Waals surface area (Å²) in [5, 5.41) is 1.40. The Morgan fingerprint density at radius 3 is 1.60 bits per heavy atom. The summed E-state index contributed by atoms with van der Waals surface area (Å²) in [6, 6.07) is 10.6. The normalized spacial score (nSPS) is 15.9. The average Bonchev–Trinajstić information content (AvgIpc) is 3.01. The molecular weight excluding hydrogens is 819 g/mol. The zero-order valence-corrected chi connectivity index (χ0v) is 29.7. The molecule has 52 heavy (non-hydrogen) atoms. The summed E-state index contributed by atoms with van der Waals surface area (Å²) in [5.41, 5.74) is -1.03. The first-order chi connectivity index (χ1) is 24.1. The molecule has 0 aromatic heterocycles. The molecule has 0 spiro atoms. The minimum atomic E-state index is -5.30. The molecule has 18 nitrogen and oxygen atoms in total. The highest BCUT2D eigenvalue weighted by atomic mass is 35.5. The molecule has 24 heteroatoms. The van der Waals surface area contributed by atoms with E-state index >= 15 is 0 Å². The molecule has 1 aliphatic carbocycles. The lowest BCUT2D eigenvalue weighted by Gasteiger charge is -2.30. The van der Waals surface area contributed by atoms with Crippen molar-refractivity contribution in [2.75, 3.05) is 5.32 Å². The van der Waals surface area contributed by atoms with Crippen LogP contribution in [-0.4, -0.2) is 63.6 Å². The van der Waals surface area contributed by atoms with Gasteiger partial charge >= 0.3 is 41.6 Å². The second-order valence-electron chi connectivity index (χ2n) is 10.9. The molecule has 5 aromatic rings. The van der Waals surface area contributed by atoms with Crippen LogP contribution < -0.4 is 27.0 Å². The zero-order chi connectivity index (χ0) is 37.7. The number of fused-ring (bicyclic) bond motifs is 8. The SMILES string of the molecule is O=S(=O)(O)Oc1c2c(c(OS(=O)(=O)O)c3ccccc13)C1=[NH+]c3c(Cl)cc4c(OS(=O)(=O)O)c5ccccc5c(OS(=O)(=O)O)c4c3NC1C(Cl)=C2. The Balaban J connectivity index is 1.65. The van der Waals surface area contributed by atoms with Crippen molar-refractivity contribution in [2.24, 2.45) is 0 Å². The minimum Gasteiger partial charge on any atom is -0.362 e. The van der Waals surface area contributed by atoms with Crippen molar-refractivity contribution in [1.82, 2.24) is 0 Å². The third-order valence-electron chi connectivity index (χ3n) is 7.74. The molecule has 0 bridgehead atoms. The molecule has 1 heterocycles. The van der Waals surface area contributed by atoms with Crippen LogP contribution in [0.15, 0.2) is 59.6 Å². The lowest BCUT2D eigenvalue weighted by molar-refractivity contribution is -0.355. The third kappa shape index (κ3) is 6.53. The molecule has 0 radical (unpaired) electrons. The molecule has 5 aromatic carbocycles. The highest BCUT2D eigenvalue weighted by molar-refractivity contribution is 7.82. The van der Waals surface area contributed by atoms with Gasteiger partial charge in [0.2, 0.25) is 11.4 Å². The Morgan fingerprint density at radius 2 is 1.06 bits per heavy atom. The lowest BCUT2D eigenvalue weighted by Crippen LogP contribution is -2.73. The van der Waals surface area contributed by atoms with E-state index in [9.17, 15) is 51.9 Å². The lowest BCUT2D eigenvalue weighted by atomic mass is 9.86. The number of halogens is 2. The predicted molar refractivity (Wildman–Crippen MR) is 185 cm³/mol. The van der Waals surface area contributed by atoms with Crippen LogP contribution in [-0.2, 0) is 41.6 Å². The molecule has 1 atom stereocenters. The van der Waals surface area contributed by atoms with Gasteiger partial charge in [0.1, 0.15) is 16.8 Å². The molecule has 0 saturated carbocycles. The standard InChI is InChI=1S/C28H16Cl2N2O16S4/c29-17-9-15-19(27(47-51(39,40)41)13-7-3-1-5-11(13)25(15)45-49(33,34)35)23-21(17)32-24-20-16(10-18(30)22(24)31-23)26(46-50(36,37)38)12-6-2-4-8-14(12)28(20)48-52(42,43)44/h1-10,21,32H,(H,33,34,35)(H,36,37,38)(H,39,40,41)(H,42,43,44)/p+1. The quantitative estimate of drug-likeness (QED) is 0.0967. The van der Waals surface area contributed by atoms with Crippen LogP contribution in [0.3, 0.4) is 0 Å². The van der Waals surface area contributed by atoms with Gasteiger partial charge in [0.25, 0.3) is 0 Å². The molecular formula is C28H17Cl2N2O16S4+. The molecule has 1 aliphatic heterocycles. The highest BCUT2D eigenvalue weighted by Gasteiger charge is 2.44. The average molecular weight is 837 g/mol. The van der Waals surface area contributed by atoms with Gasteiger partial charge in [-0.2, -0.15) is 33.7 Å². The van der Waals surface area contributed by atoms with Crippen LogP contribution in [0.5, 0.6) is 23.0 Å². The first-order valence-corrected chi connectivity index (χ1v) is 20.1. The van der Waals surface area contributed by atoms with Crippen LogP contribution in [0.2, 0.25) is 5.02 Å². The summed E-state index contributed by atoms with van der Waals surface area (Å²) in [4.78, 5) is 2.93. The van der Waals surface area contributed by atoms with Gasteiger partial charge in [0.15, 0.2) is 23.0 Å². The van der Waals surface area contributed by atoms with Gasteiger partial charge in [-0.05, 0) is 12.1 Å². The Kier molecular flexibility index (Phi) is 8.30. The molecule has 0 saturated heterocycles. The summed E-state index contributed by atoms with van der Waals surface area (Å²) in [5.74, 6) is -2.24. The van der Waals surface area contributed by atoms with Gasteiger partial charge in [0, 0.05) is 32.5 Å². The van der Waals surface area contributed by atoms with E-state index in [-0.39, 0.29) is 70.6 Å². The molecule has 272 valence electrons. The number of benzene rings is 5. The van der Waals surface area contributed by atoms with E-state index in [1.807, 2.05) is 0 Å². The van der Waals surface area contributed by atoms with Crippen molar-refractivity contribution in [1.29, 1.82) is 0 Å². The maximum atomic E-state index is 12.2. The van der Waals surface area contributed by atoms with E-state index in [4.69, 9.17) is 39.9 Å². The molecule has 6 N–H and O–H groups in total. The second kappa shape index (κ2) is 12.0. The van der Waals surface area contributed by atoms with Gasteiger partial charge in [-0.3, -0.25) is 18.2 Å². The van der Waals surface area contributed by atoms with Gasteiger partial charge in [-0.1, -0.05) is 71.7 Å². The molecule has 0 fully saturated rings. The van der Waals surface area contributed by atoms with Gasteiger partial charge in [-0.15, -0.1) is 0 Å². The van der Waals surface area contributed by atoms with Crippen molar-refractivity contribution in [3.63, 3.8) is 0 Å². The van der Waals surface area contributed by atoms with Crippen molar-refractivity contribution in [3.8, 4) is 23.0 Å². The van der Waals surface area contributed by atoms with E-state index in [0.29, 0.717) is 0 Å². The van der Waals surface area contributed by atoms with Crippen molar-refractivity contribution in [3.05, 3.63) is 75.8 Å². The number of hydrogen-bond acceptors (Lipinski definition) is 13. The smallest absolute Gasteiger partial charge is 0.362 e. The molecule has 7 rings (SSSR count). The number of rotatable bonds is 8. The van der Waals surface area contributed by atoms with Crippen molar-refractivity contribution >= 4 is 120 Å². The van der Waals surface area contributed by atoms with Crippen LogP contribution in [0, 0.1) is 0 Å². The Morgan fingerprint density at radius 1 is 0.615 bits per heavy atom. The zero-order valence-electron chi connectivity index (χ0n) is 24.9. The van der Waals surface area contributed by atoms with E-state index in [0.717, 1.165) is 12.1 Å². The second-order valence-corrected chi connectivity index (χ2v) is 15.8. The van der Waals surface area contributed by atoms with E-state index in [1.54, 1.807) is 0 Å². The Hall–Kier alpha value is -4.49. The third-order valence-corrected chi connectivity index (χ3v) is 9.88. The van der Waals surface area contributed by atoms with Crippen molar-refractivity contribution < 1.29 is 73.6 Å². The fourth-order valence-corrected chi connectivity index (χ4v) is 8.19. The largest absolute Gasteiger partial charge is 0.446 e. The topological polar surface area (TPSA) is 280 Å².